The smallest absolute Gasteiger partial charge is 0.185 e. The number of nitrogens with one attached hydrogen (secondary N) is 1. The number of Topliss-reactive ketones (excluding diaryl/α,β-unsaturated/α-hetero) is 1. The number of ketones is 1. The van der Waals surface area contributed by atoms with E-state index in [1.807, 2.05) is 46.1 Å². The second kappa shape index (κ2) is 8.57. The summed E-state index contributed by atoms with van der Waals surface area (Å²) in [6, 6.07) is 8.57. The summed E-state index contributed by atoms with van der Waals surface area (Å²) in [6.07, 6.45) is 5.51. The van der Waals surface area contributed by atoms with Crippen molar-refractivity contribution in [3.05, 3.63) is 71.9 Å². The highest BCUT2D eigenvalue weighted by atomic mass is 19.1. The van der Waals surface area contributed by atoms with Crippen LogP contribution in [-0.4, -0.2) is 35.7 Å². The number of nitrogens with zero attached hydrogens (tertiary/aromatic N) is 5. The second-order valence-corrected chi connectivity index (χ2v) is 9.63. The van der Waals surface area contributed by atoms with Crippen LogP contribution in [0.4, 0.5) is 4.39 Å². The van der Waals surface area contributed by atoms with E-state index in [2.05, 4.69) is 25.2 Å². The van der Waals surface area contributed by atoms with E-state index in [1.54, 1.807) is 23.0 Å². The Morgan fingerprint density at radius 3 is 2.66 bits per heavy atom. The van der Waals surface area contributed by atoms with Crippen molar-refractivity contribution in [3.63, 3.8) is 0 Å². The molecule has 4 aromatic heterocycles. The van der Waals surface area contributed by atoms with Gasteiger partial charge in [-0.25, -0.2) is 14.4 Å². The molecule has 0 aliphatic heterocycles. The number of hydrogen-bond acceptors (Lipinski definition) is 6. The van der Waals surface area contributed by atoms with E-state index in [9.17, 15) is 4.79 Å². The quantitative estimate of drug-likeness (QED) is 0.338. The van der Waals surface area contributed by atoms with Crippen LogP contribution in [0.2, 0.25) is 0 Å². The third kappa shape index (κ3) is 4.49. The van der Waals surface area contributed by atoms with Crippen molar-refractivity contribution < 1.29 is 13.7 Å². The molecule has 8 nitrogen and oxygen atoms in total. The number of fused-ring (bicyclic) bond motifs is 1. The molecule has 9 heteroatoms. The Labute approximate surface area is 201 Å². The van der Waals surface area contributed by atoms with Gasteiger partial charge in [-0.3, -0.25) is 9.48 Å². The van der Waals surface area contributed by atoms with Crippen LogP contribution >= 0.6 is 0 Å². The molecule has 5 aromatic rings. The minimum Gasteiger partial charge on any atom is -0.360 e. The van der Waals surface area contributed by atoms with E-state index in [1.165, 1.54) is 12.4 Å². The fraction of sp³-hybridized carbons (Fsp3) is 0.269. The summed E-state index contributed by atoms with van der Waals surface area (Å²) in [5, 5.41) is 8.87. The summed E-state index contributed by atoms with van der Waals surface area (Å²) in [5.74, 6) is 0.0742. The first-order valence-corrected chi connectivity index (χ1v) is 11.3. The van der Waals surface area contributed by atoms with Crippen molar-refractivity contribution in [1.29, 1.82) is 0 Å². The predicted octanol–water partition coefficient (Wildman–Crippen LogP) is 5.27. The number of aryl methyl sites for hydroxylation is 2. The van der Waals surface area contributed by atoms with E-state index in [0.29, 0.717) is 28.2 Å². The molecule has 0 radical (unpaired) electrons. The Hall–Kier alpha value is -4.14. The molecular formula is C26H25FN6O2. The first-order valence-electron chi connectivity index (χ1n) is 11.3. The molecule has 1 N–H and O–H groups in total. The van der Waals surface area contributed by atoms with Gasteiger partial charge in [0.05, 0.1) is 17.6 Å². The Balaban J connectivity index is 1.36. The number of aromatic amines is 1. The van der Waals surface area contributed by atoms with Gasteiger partial charge in [0.2, 0.25) is 0 Å². The summed E-state index contributed by atoms with van der Waals surface area (Å²) >= 11 is 0. The van der Waals surface area contributed by atoms with Gasteiger partial charge in [-0.2, -0.15) is 5.10 Å². The first-order chi connectivity index (χ1) is 16.7. The SMILES string of the molecule is Cn1cc(-c2cc3c(-c4ccc(CCC(=O)c5cc(C(C)(C)C)on5)c(F)c4)ncnc3[nH]2)cn1. The average Bonchev–Trinajstić information content (AvgIpc) is 3.56. The lowest BCUT2D eigenvalue weighted by molar-refractivity contribution is 0.0973. The molecule has 0 spiro atoms. The fourth-order valence-corrected chi connectivity index (χ4v) is 3.92. The zero-order valence-corrected chi connectivity index (χ0v) is 20.0. The molecule has 0 saturated carbocycles. The summed E-state index contributed by atoms with van der Waals surface area (Å²) in [5.41, 5.74) is 4.18. The van der Waals surface area contributed by atoms with E-state index < -0.39 is 0 Å². The topological polar surface area (TPSA) is 102 Å². The monoisotopic (exact) mass is 472 g/mol. The van der Waals surface area contributed by atoms with Gasteiger partial charge in [0.25, 0.3) is 0 Å². The minimum atomic E-state index is -0.388. The highest BCUT2D eigenvalue weighted by molar-refractivity contribution is 5.95. The number of carbonyl (C=O) groups excluding carboxylic acids is 1. The summed E-state index contributed by atoms with van der Waals surface area (Å²) in [7, 11) is 1.85. The van der Waals surface area contributed by atoms with Crippen LogP contribution in [-0.2, 0) is 18.9 Å². The van der Waals surface area contributed by atoms with E-state index >= 15 is 4.39 Å². The number of carbonyl (C=O) groups is 1. The van der Waals surface area contributed by atoms with Gasteiger partial charge in [-0.1, -0.05) is 38.1 Å². The zero-order valence-electron chi connectivity index (χ0n) is 20.0. The number of rotatable bonds is 6. The van der Waals surface area contributed by atoms with Gasteiger partial charge >= 0.3 is 0 Å². The van der Waals surface area contributed by atoms with Crippen LogP contribution in [0.1, 0.15) is 49.0 Å². The molecule has 0 fully saturated rings. The van der Waals surface area contributed by atoms with E-state index in [4.69, 9.17) is 4.52 Å². The third-order valence-corrected chi connectivity index (χ3v) is 5.92. The molecule has 0 unspecified atom stereocenters. The molecule has 1 aromatic carbocycles. The van der Waals surface area contributed by atoms with Crippen molar-refractivity contribution in [3.8, 4) is 22.5 Å². The first kappa shape index (κ1) is 22.6. The maximum absolute atomic E-state index is 15.0. The number of halogens is 1. The van der Waals surface area contributed by atoms with Gasteiger partial charge in [0, 0.05) is 47.7 Å². The van der Waals surface area contributed by atoms with Crippen LogP contribution in [0.3, 0.4) is 0 Å². The molecule has 5 rings (SSSR count). The molecule has 0 bridgehead atoms. The number of benzene rings is 1. The average molecular weight is 473 g/mol. The van der Waals surface area contributed by atoms with Gasteiger partial charge in [0.1, 0.15) is 29.2 Å². The Bertz CT molecular complexity index is 1540. The van der Waals surface area contributed by atoms with Gasteiger partial charge in [-0.15, -0.1) is 0 Å². The standard InChI is InChI=1S/C26H25FN6O2/c1-26(2,3)23-11-21(32-35-23)22(34)8-7-15-5-6-16(9-19(15)27)24-18-10-20(17-12-30-33(4)13-17)31-25(18)29-14-28-24/h5-6,9-14H,7-8H2,1-4H3,(H,28,29,31). The maximum atomic E-state index is 15.0. The molecular weight excluding hydrogens is 447 g/mol. The number of hydrogen-bond donors (Lipinski definition) is 1. The minimum absolute atomic E-state index is 0.135. The molecule has 4 heterocycles. The van der Waals surface area contributed by atoms with Crippen LogP contribution in [0.5, 0.6) is 0 Å². The van der Waals surface area contributed by atoms with Crippen molar-refractivity contribution in [2.45, 2.75) is 39.0 Å². The van der Waals surface area contributed by atoms with Crippen LogP contribution < -0.4 is 0 Å². The van der Waals surface area contributed by atoms with E-state index in [0.717, 1.165) is 16.6 Å². The predicted molar refractivity (Wildman–Crippen MR) is 129 cm³/mol. The normalized spacial score (nSPS) is 11.9. The second-order valence-electron chi connectivity index (χ2n) is 9.63. The Morgan fingerprint density at radius 1 is 1.14 bits per heavy atom. The van der Waals surface area contributed by atoms with Crippen molar-refractivity contribution in [2.75, 3.05) is 0 Å². The highest BCUT2D eigenvalue weighted by Gasteiger charge is 2.22. The van der Waals surface area contributed by atoms with E-state index in [-0.39, 0.29) is 35.6 Å². The summed E-state index contributed by atoms with van der Waals surface area (Å²) in [4.78, 5) is 24.5. The molecule has 178 valence electrons. The fourth-order valence-electron chi connectivity index (χ4n) is 3.92. The van der Waals surface area contributed by atoms with Crippen LogP contribution in [0, 0.1) is 5.82 Å². The lowest BCUT2D eigenvalue weighted by Crippen LogP contribution is -2.09. The highest BCUT2D eigenvalue weighted by Crippen LogP contribution is 2.31. The summed E-state index contributed by atoms with van der Waals surface area (Å²) in [6.45, 7) is 5.95. The van der Waals surface area contributed by atoms with Crippen molar-refractivity contribution in [1.82, 2.24) is 29.9 Å². The zero-order chi connectivity index (χ0) is 24.7. The Kier molecular flexibility index (Phi) is 5.55. The van der Waals surface area contributed by atoms with Crippen LogP contribution in [0.25, 0.3) is 33.5 Å². The molecule has 0 aliphatic carbocycles. The lowest BCUT2D eigenvalue weighted by Gasteiger charge is -2.12. The molecule has 0 atom stereocenters. The summed E-state index contributed by atoms with van der Waals surface area (Å²) < 4.78 is 22.0. The van der Waals surface area contributed by atoms with Crippen molar-refractivity contribution >= 4 is 16.8 Å². The Morgan fingerprint density at radius 2 is 1.97 bits per heavy atom. The largest absolute Gasteiger partial charge is 0.360 e. The van der Waals surface area contributed by atoms with Crippen molar-refractivity contribution in [2.24, 2.45) is 7.05 Å². The van der Waals surface area contributed by atoms with Gasteiger partial charge < -0.3 is 9.51 Å². The number of aromatic nitrogens is 6. The van der Waals surface area contributed by atoms with Gasteiger partial charge in [0.15, 0.2) is 5.78 Å². The van der Waals surface area contributed by atoms with Crippen LogP contribution in [0.15, 0.2) is 53.6 Å². The molecule has 0 saturated heterocycles. The molecule has 35 heavy (non-hydrogen) atoms. The lowest BCUT2D eigenvalue weighted by atomic mass is 9.93. The molecule has 0 amide bonds. The van der Waals surface area contributed by atoms with Gasteiger partial charge in [-0.05, 0) is 24.1 Å². The number of H-pyrrole nitrogens is 1. The molecule has 0 aliphatic rings. The maximum Gasteiger partial charge on any atom is 0.185 e. The third-order valence-electron chi connectivity index (χ3n) is 5.92.